The van der Waals surface area contributed by atoms with Crippen molar-refractivity contribution in [3.8, 4) is 11.4 Å². The predicted molar refractivity (Wildman–Crippen MR) is 118 cm³/mol. The van der Waals surface area contributed by atoms with Gasteiger partial charge in [0.25, 0.3) is 5.24 Å². The summed E-state index contributed by atoms with van der Waals surface area (Å²) in [6.45, 7) is 0. The van der Waals surface area contributed by atoms with E-state index in [1.165, 1.54) is 4.90 Å². The van der Waals surface area contributed by atoms with Crippen molar-refractivity contribution in [2.45, 2.75) is 24.2 Å². The predicted octanol–water partition coefficient (Wildman–Crippen LogP) is 5.13. The van der Waals surface area contributed by atoms with Crippen LogP contribution in [0.2, 0.25) is 5.02 Å². The number of nitrogens with zero attached hydrogens (tertiary/aromatic N) is 3. The second kappa shape index (κ2) is 10.3. The van der Waals surface area contributed by atoms with Crippen molar-refractivity contribution in [1.29, 1.82) is 0 Å². The lowest BCUT2D eigenvalue weighted by Gasteiger charge is -2.09. The highest BCUT2D eigenvalue weighted by Crippen LogP contribution is 2.23. The molecule has 0 aliphatic carbocycles. The third-order valence-electron chi connectivity index (χ3n) is 4.07. The summed E-state index contributed by atoms with van der Waals surface area (Å²) in [7, 11) is 3.41. The largest absolute Gasteiger partial charge is 0.339 e. The lowest BCUT2D eigenvalue weighted by Crippen LogP contribution is -2.16. The topological polar surface area (TPSA) is 88.3 Å². The van der Waals surface area contributed by atoms with Crippen LogP contribution in [0.25, 0.3) is 11.4 Å². The maximum atomic E-state index is 12.2. The van der Waals surface area contributed by atoms with E-state index >= 15 is 0 Å². The van der Waals surface area contributed by atoms with Crippen molar-refractivity contribution in [1.82, 2.24) is 15.0 Å². The SMILES string of the molecule is CN(C)C(=O)Sc1ccc(NC(=O)CCCc2nc(-c3ccc(Cl)cc3)no2)cc1. The molecule has 2 amide bonds. The number of nitrogens with one attached hydrogen (secondary N) is 1. The van der Waals surface area contributed by atoms with Crippen LogP contribution in [-0.2, 0) is 11.2 Å². The molecular formula is C21H21ClN4O3S. The molecule has 30 heavy (non-hydrogen) atoms. The van der Waals surface area contributed by atoms with E-state index in [1.54, 1.807) is 50.5 Å². The van der Waals surface area contributed by atoms with Crippen LogP contribution in [0.3, 0.4) is 0 Å². The Kier molecular flexibility index (Phi) is 7.48. The molecule has 0 radical (unpaired) electrons. The first-order chi connectivity index (χ1) is 14.4. The van der Waals surface area contributed by atoms with E-state index in [0.717, 1.165) is 22.2 Å². The lowest BCUT2D eigenvalue weighted by atomic mass is 10.2. The van der Waals surface area contributed by atoms with Gasteiger partial charge in [0, 0.05) is 48.1 Å². The molecule has 0 saturated carbocycles. The Morgan fingerprint density at radius 3 is 2.47 bits per heavy atom. The normalized spacial score (nSPS) is 10.6. The number of aromatic nitrogens is 2. The molecule has 1 heterocycles. The number of aryl methyl sites for hydroxylation is 1. The molecule has 2 aromatic carbocycles. The molecule has 0 atom stereocenters. The first-order valence-electron chi connectivity index (χ1n) is 9.28. The van der Waals surface area contributed by atoms with Gasteiger partial charge in [-0.1, -0.05) is 16.8 Å². The van der Waals surface area contributed by atoms with Crippen LogP contribution in [0.4, 0.5) is 10.5 Å². The molecule has 0 unspecified atom stereocenters. The Morgan fingerprint density at radius 2 is 1.80 bits per heavy atom. The van der Waals surface area contributed by atoms with Gasteiger partial charge in [-0.3, -0.25) is 9.59 Å². The fourth-order valence-electron chi connectivity index (χ4n) is 2.49. The number of rotatable bonds is 7. The summed E-state index contributed by atoms with van der Waals surface area (Å²) in [5, 5.41) is 7.40. The number of thioether (sulfide) groups is 1. The summed E-state index contributed by atoms with van der Waals surface area (Å²) in [6, 6.07) is 14.3. The van der Waals surface area contributed by atoms with Gasteiger partial charge in [0.1, 0.15) is 0 Å². The number of carbonyl (C=O) groups excluding carboxylic acids is 2. The zero-order chi connectivity index (χ0) is 21.5. The average molecular weight is 445 g/mol. The van der Waals surface area contributed by atoms with Crippen LogP contribution in [0, 0.1) is 0 Å². The molecule has 1 aromatic heterocycles. The van der Waals surface area contributed by atoms with E-state index in [1.807, 2.05) is 12.1 Å². The number of amides is 2. The Bertz CT molecular complexity index is 1000. The highest BCUT2D eigenvalue weighted by Gasteiger charge is 2.10. The van der Waals surface area contributed by atoms with E-state index in [9.17, 15) is 9.59 Å². The van der Waals surface area contributed by atoms with Crippen LogP contribution < -0.4 is 5.32 Å². The fraction of sp³-hybridized carbons (Fsp3) is 0.238. The molecule has 0 aliphatic heterocycles. The molecule has 156 valence electrons. The van der Waals surface area contributed by atoms with E-state index in [4.69, 9.17) is 16.1 Å². The van der Waals surface area contributed by atoms with Gasteiger partial charge in [0.05, 0.1) is 0 Å². The van der Waals surface area contributed by atoms with Gasteiger partial charge in [0.15, 0.2) is 0 Å². The van der Waals surface area contributed by atoms with E-state index in [0.29, 0.717) is 41.7 Å². The van der Waals surface area contributed by atoms with Crippen molar-refractivity contribution in [3.63, 3.8) is 0 Å². The molecule has 3 aromatic rings. The highest BCUT2D eigenvalue weighted by atomic mass is 35.5. The van der Waals surface area contributed by atoms with E-state index in [-0.39, 0.29) is 11.1 Å². The standard InChI is InChI=1S/C21H21ClN4O3S/c1-26(2)21(28)30-17-12-10-16(11-13-17)23-18(27)4-3-5-19-24-20(25-29-19)14-6-8-15(22)9-7-14/h6-13H,3-5H2,1-2H3,(H,23,27). The average Bonchev–Trinajstić information content (AvgIpc) is 3.19. The molecule has 0 aliphatic rings. The third kappa shape index (κ3) is 6.33. The first-order valence-corrected chi connectivity index (χ1v) is 10.5. The summed E-state index contributed by atoms with van der Waals surface area (Å²) in [6.07, 6.45) is 1.42. The molecule has 0 spiro atoms. The maximum Gasteiger partial charge on any atom is 0.285 e. The fourth-order valence-corrected chi connectivity index (χ4v) is 3.28. The van der Waals surface area contributed by atoms with Crippen LogP contribution >= 0.6 is 23.4 Å². The first kappa shape index (κ1) is 21.9. The number of hydrogen-bond donors (Lipinski definition) is 1. The van der Waals surface area contributed by atoms with Gasteiger partial charge in [0.2, 0.25) is 17.6 Å². The third-order valence-corrected chi connectivity index (χ3v) is 5.37. The smallest absolute Gasteiger partial charge is 0.285 e. The summed E-state index contributed by atoms with van der Waals surface area (Å²) < 4.78 is 5.25. The zero-order valence-electron chi connectivity index (χ0n) is 16.6. The number of benzene rings is 2. The number of carbonyl (C=O) groups is 2. The second-order valence-corrected chi connectivity index (χ2v) is 8.17. The van der Waals surface area contributed by atoms with Gasteiger partial charge < -0.3 is 14.7 Å². The van der Waals surface area contributed by atoms with Crippen LogP contribution in [0.1, 0.15) is 18.7 Å². The molecule has 0 bridgehead atoms. The van der Waals surface area contributed by atoms with Crippen molar-refractivity contribution in [2.24, 2.45) is 0 Å². The number of hydrogen-bond acceptors (Lipinski definition) is 6. The molecular weight excluding hydrogens is 424 g/mol. The van der Waals surface area contributed by atoms with E-state index < -0.39 is 0 Å². The quantitative estimate of drug-likeness (QED) is 0.508. The summed E-state index contributed by atoms with van der Waals surface area (Å²) in [4.78, 5) is 30.5. The summed E-state index contributed by atoms with van der Waals surface area (Å²) in [5.74, 6) is 0.883. The number of halogens is 1. The second-order valence-electron chi connectivity index (χ2n) is 6.71. The van der Waals surface area contributed by atoms with Crippen molar-refractivity contribution in [3.05, 3.63) is 59.4 Å². The van der Waals surface area contributed by atoms with Crippen LogP contribution in [0.5, 0.6) is 0 Å². The lowest BCUT2D eigenvalue weighted by molar-refractivity contribution is -0.116. The van der Waals surface area contributed by atoms with Gasteiger partial charge in [-0.15, -0.1) is 0 Å². The van der Waals surface area contributed by atoms with Crippen molar-refractivity contribution < 1.29 is 14.1 Å². The van der Waals surface area contributed by atoms with Gasteiger partial charge in [-0.2, -0.15) is 4.98 Å². The van der Waals surface area contributed by atoms with Crippen LogP contribution in [-0.4, -0.2) is 40.3 Å². The molecule has 9 heteroatoms. The molecule has 3 rings (SSSR count). The minimum atomic E-state index is -0.0998. The Morgan fingerprint density at radius 1 is 1.10 bits per heavy atom. The number of anilines is 1. The van der Waals surface area contributed by atoms with E-state index in [2.05, 4.69) is 15.5 Å². The Balaban J connectivity index is 1.44. The van der Waals surface area contributed by atoms with Gasteiger partial charge in [-0.25, -0.2) is 0 Å². The van der Waals surface area contributed by atoms with Crippen molar-refractivity contribution >= 4 is 40.2 Å². The molecule has 1 N–H and O–H groups in total. The summed E-state index contributed by atoms with van der Waals surface area (Å²) >= 11 is 7.02. The zero-order valence-corrected chi connectivity index (χ0v) is 18.2. The van der Waals surface area contributed by atoms with Gasteiger partial charge >= 0.3 is 0 Å². The minimum Gasteiger partial charge on any atom is -0.339 e. The Labute approximate surface area is 183 Å². The highest BCUT2D eigenvalue weighted by molar-refractivity contribution is 8.13. The molecule has 0 saturated heterocycles. The van der Waals surface area contributed by atoms with Gasteiger partial charge in [-0.05, 0) is 66.7 Å². The minimum absolute atomic E-state index is 0.0490. The Hall–Kier alpha value is -2.84. The van der Waals surface area contributed by atoms with Crippen molar-refractivity contribution in [2.75, 3.05) is 19.4 Å². The summed E-state index contributed by atoms with van der Waals surface area (Å²) in [5.41, 5.74) is 1.51. The molecule has 0 fully saturated rings. The maximum absolute atomic E-state index is 12.2. The van der Waals surface area contributed by atoms with Crippen LogP contribution in [0.15, 0.2) is 57.9 Å². The monoisotopic (exact) mass is 444 g/mol. The molecule has 7 nitrogen and oxygen atoms in total.